The van der Waals surface area contributed by atoms with E-state index in [9.17, 15) is 0 Å². The van der Waals surface area contributed by atoms with Gasteiger partial charge in [-0.05, 0) is 62.8 Å². The van der Waals surface area contributed by atoms with E-state index in [-0.39, 0.29) is 0 Å². The zero-order valence-corrected chi connectivity index (χ0v) is 16.2. The molecule has 0 radical (unpaired) electrons. The Kier molecular flexibility index (Phi) is 4.58. The Bertz CT molecular complexity index is 855. The molecule has 8 heteroatoms. The van der Waals surface area contributed by atoms with E-state index in [0.29, 0.717) is 6.61 Å². The van der Waals surface area contributed by atoms with Gasteiger partial charge in [-0.15, -0.1) is 5.10 Å². The summed E-state index contributed by atoms with van der Waals surface area (Å²) in [5, 5.41) is 12.8. The number of halogens is 2. The topological polar surface area (TPSA) is 57.8 Å². The van der Waals surface area contributed by atoms with E-state index in [1.807, 2.05) is 27.7 Å². The summed E-state index contributed by atoms with van der Waals surface area (Å²) in [6.45, 7) is 2.41. The van der Waals surface area contributed by atoms with Crippen molar-refractivity contribution in [2.45, 2.75) is 32.4 Å². The van der Waals surface area contributed by atoms with Gasteiger partial charge in [0.05, 0.1) is 27.3 Å². The van der Waals surface area contributed by atoms with Gasteiger partial charge in [0.25, 0.3) is 0 Å². The zero-order valence-electron chi connectivity index (χ0n) is 13.0. The molecule has 1 aliphatic carbocycles. The van der Waals surface area contributed by atoms with Crippen molar-refractivity contribution in [1.29, 1.82) is 0 Å². The zero-order chi connectivity index (χ0) is 16.5. The van der Waals surface area contributed by atoms with Crippen molar-refractivity contribution in [1.82, 2.24) is 24.8 Å². The van der Waals surface area contributed by atoms with Gasteiger partial charge in [-0.2, -0.15) is 5.10 Å². The van der Waals surface area contributed by atoms with Crippen LogP contribution in [0.25, 0.3) is 11.0 Å². The maximum absolute atomic E-state index is 5.90. The highest BCUT2D eigenvalue weighted by molar-refractivity contribution is 9.11. The number of fused-ring (bicyclic) bond motifs is 1. The van der Waals surface area contributed by atoms with Crippen molar-refractivity contribution < 1.29 is 4.74 Å². The number of aryl methyl sites for hydroxylation is 1. The first-order valence-electron chi connectivity index (χ1n) is 8.03. The molecule has 6 nitrogen and oxygen atoms in total. The largest absolute Gasteiger partial charge is 0.492 e. The fourth-order valence-electron chi connectivity index (χ4n) is 2.65. The van der Waals surface area contributed by atoms with Crippen molar-refractivity contribution in [2.24, 2.45) is 5.92 Å². The van der Waals surface area contributed by atoms with Crippen LogP contribution in [0.3, 0.4) is 0 Å². The highest BCUT2D eigenvalue weighted by atomic mass is 79.9. The SMILES string of the molecule is Brc1cnn(CCCOc2ccc3c(nnn3CC3CC3)c2Br)c1. The molecule has 0 spiro atoms. The van der Waals surface area contributed by atoms with Gasteiger partial charge in [-0.3, -0.25) is 4.68 Å². The third-order valence-corrected chi connectivity index (χ3v) is 5.28. The van der Waals surface area contributed by atoms with Crippen LogP contribution in [0.2, 0.25) is 0 Å². The Morgan fingerprint density at radius 2 is 2.12 bits per heavy atom. The average Bonchev–Trinajstić information content (AvgIpc) is 3.14. The van der Waals surface area contributed by atoms with Gasteiger partial charge in [0.15, 0.2) is 0 Å². The van der Waals surface area contributed by atoms with E-state index >= 15 is 0 Å². The van der Waals surface area contributed by atoms with Crippen molar-refractivity contribution in [3.8, 4) is 5.75 Å². The minimum absolute atomic E-state index is 0.623. The molecule has 2 aromatic heterocycles. The second-order valence-electron chi connectivity index (χ2n) is 6.08. The standard InChI is InChI=1S/C16H17Br2N5O/c17-12-8-19-22(10-12)6-1-7-24-14-5-4-13-16(15(14)18)20-21-23(13)9-11-2-3-11/h4-5,8,10-11H,1-3,6-7,9H2. The minimum Gasteiger partial charge on any atom is -0.492 e. The van der Waals surface area contributed by atoms with Crippen LogP contribution >= 0.6 is 31.9 Å². The number of ether oxygens (including phenoxy) is 1. The summed E-state index contributed by atoms with van der Waals surface area (Å²) in [5.41, 5.74) is 1.92. The van der Waals surface area contributed by atoms with E-state index in [1.165, 1.54) is 12.8 Å². The molecule has 2 heterocycles. The molecular weight excluding hydrogens is 438 g/mol. The second-order valence-corrected chi connectivity index (χ2v) is 7.79. The van der Waals surface area contributed by atoms with Gasteiger partial charge in [0.2, 0.25) is 0 Å². The molecule has 1 aliphatic rings. The summed E-state index contributed by atoms with van der Waals surface area (Å²) in [6, 6.07) is 4.03. The normalized spacial score (nSPS) is 14.4. The molecule has 0 aliphatic heterocycles. The van der Waals surface area contributed by atoms with Crippen LogP contribution in [-0.2, 0) is 13.1 Å². The van der Waals surface area contributed by atoms with Crippen molar-refractivity contribution in [3.63, 3.8) is 0 Å². The molecule has 0 saturated heterocycles. The fraction of sp³-hybridized carbons (Fsp3) is 0.438. The maximum atomic E-state index is 5.90. The number of aromatic nitrogens is 5. The summed E-state index contributed by atoms with van der Waals surface area (Å²) in [4.78, 5) is 0. The summed E-state index contributed by atoms with van der Waals surface area (Å²) >= 11 is 7.01. The third kappa shape index (κ3) is 3.49. The van der Waals surface area contributed by atoms with Crippen molar-refractivity contribution >= 4 is 42.9 Å². The maximum Gasteiger partial charge on any atom is 0.135 e. The highest BCUT2D eigenvalue weighted by Gasteiger charge is 2.23. The van der Waals surface area contributed by atoms with E-state index in [4.69, 9.17) is 4.74 Å². The summed E-state index contributed by atoms with van der Waals surface area (Å²) in [6.07, 6.45) is 7.23. The molecule has 1 aromatic carbocycles. The van der Waals surface area contributed by atoms with Gasteiger partial charge < -0.3 is 4.74 Å². The lowest BCUT2D eigenvalue weighted by molar-refractivity contribution is 0.297. The number of hydrogen-bond donors (Lipinski definition) is 0. The Morgan fingerprint density at radius 1 is 1.25 bits per heavy atom. The Labute approximate surface area is 156 Å². The van der Waals surface area contributed by atoms with Crippen molar-refractivity contribution in [3.05, 3.63) is 33.5 Å². The van der Waals surface area contributed by atoms with Gasteiger partial charge in [0.1, 0.15) is 11.3 Å². The molecule has 24 heavy (non-hydrogen) atoms. The average molecular weight is 455 g/mol. The third-order valence-electron chi connectivity index (χ3n) is 4.11. The lowest BCUT2D eigenvalue weighted by atomic mass is 10.3. The molecule has 0 atom stereocenters. The molecule has 4 rings (SSSR count). The molecule has 0 bridgehead atoms. The van der Waals surface area contributed by atoms with Crippen LogP contribution in [0.4, 0.5) is 0 Å². The van der Waals surface area contributed by atoms with E-state index in [0.717, 1.165) is 51.2 Å². The van der Waals surface area contributed by atoms with Crippen LogP contribution < -0.4 is 4.74 Å². The lowest BCUT2D eigenvalue weighted by Crippen LogP contribution is -2.05. The van der Waals surface area contributed by atoms with E-state index in [2.05, 4.69) is 47.3 Å². The lowest BCUT2D eigenvalue weighted by Gasteiger charge is -2.09. The Balaban J connectivity index is 1.39. The van der Waals surface area contributed by atoms with Crippen LogP contribution in [0.15, 0.2) is 33.5 Å². The number of benzene rings is 1. The van der Waals surface area contributed by atoms with Crippen LogP contribution in [0.5, 0.6) is 5.75 Å². The smallest absolute Gasteiger partial charge is 0.135 e. The van der Waals surface area contributed by atoms with Crippen molar-refractivity contribution in [2.75, 3.05) is 6.61 Å². The minimum atomic E-state index is 0.623. The number of hydrogen-bond acceptors (Lipinski definition) is 4. The molecule has 0 unspecified atom stereocenters. The van der Waals surface area contributed by atoms with Crippen LogP contribution in [0, 0.1) is 5.92 Å². The fourth-order valence-corrected chi connectivity index (χ4v) is 3.50. The van der Waals surface area contributed by atoms with Gasteiger partial charge in [-0.1, -0.05) is 5.21 Å². The predicted molar refractivity (Wildman–Crippen MR) is 98.0 cm³/mol. The number of rotatable bonds is 7. The first kappa shape index (κ1) is 16.1. The first-order valence-corrected chi connectivity index (χ1v) is 9.62. The van der Waals surface area contributed by atoms with E-state index in [1.54, 1.807) is 6.20 Å². The highest BCUT2D eigenvalue weighted by Crippen LogP contribution is 2.34. The quantitative estimate of drug-likeness (QED) is 0.505. The van der Waals surface area contributed by atoms with E-state index < -0.39 is 0 Å². The molecule has 0 amide bonds. The number of nitrogens with zero attached hydrogens (tertiary/aromatic N) is 5. The Morgan fingerprint density at radius 3 is 2.88 bits per heavy atom. The summed E-state index contributed by atoms with van der Waals surface area (Å²) in [5.74, 6) is 1.58. The monoisotopic (exact) mass is 453 g/mol. The molecule has 1 saturated carbocycles. The molecule has 0 N–H and O–H groups in total. The van der Waals surface area contributed by atoms with Gasteiger partial charge in [0, 0.05) is 25.7 Å². The Hall–Kier alpha value is -1.41. The second kappa shape index (κ2) is 6.84. The van der Waals surface area contributed by atoms with Crippen LogP contribution in [-0.4, -0.2) is 31.4 Å². The van der Waals surface area contributed by atoms with Gasteiger partial charge in [-0.25, -0.2) is 4.68 Å². The summed E-state index contributed by atoms with van der Waals surface area (Å²) < 4.78 is 11.7. The summed E-state index contributed by atoms with van der Waals surface area (Å²) in [7, 11) is 0. The first-order chi connectivity index (χ1) is 11.7. The predicted octanol–water partition coefficient (Wildman–Crippen LogP) is 4.03. The molecular formula is C16H17Br2N5O. The molecule has 126 valence electrons. The molecule has 3 aromatic rings. The van der Waals surface area contributed by atoms with Crippen LogP contribution in [0.1, 0.15) is 19.3 Å². The molecule has 1 fully saturated rings. The van der Waals surface area contributed by atoms with Gasteiger partial charge >= 0.3 is 0 Å².